The number of aromatic nitrogens is 2. The van der Waals surface area contributed by atoms with Crippen LogP contribution in [-0.4, -0.2) is 9.78 Å². The van der Waals surface area contributed by atoms with Gasteiger partial charge in [0.15, 0.2) is 0 Å². The molecule has 3 heteroatoms. The summed E-state index contributed by atoms with van der Waals surface area (Å²) in [5.41, 5.74) is 3.71. The number of hydrogen-bond acceptors (Lipinski definition) is 1. The molecule has 2 rings (SSSR count). The third-order valence-electron chi connectivity index (χ3n) is 2.51. The monoisotopic (exact) mass is 264 g/mol. The van der Waals surface area contributed by atoms with Crippen molar-refractivity contribution in [3.63, 3.8) is 0 Å². The minimum atomic E-state index is 1.02. The van der Waals surface area contributed by atoms with Crippen LogP contribution in [0.3, 0.4) is 0 Å². The van der Waals surface area contributed by atoms with Gasteiger partial charge in [-0.3, -0.25) is 4.68 Å². The Morgan fingerprint density at radius 2 is 2.20 bits per heavy atom. The molecule has 2 nitrogen and oxygen atoms in total. The van der Waals surface area contributed by atoms with Crippen LogP contribution >= 0.6 is 15.9 Å². The Labute approximate surface area is 98.1 Å². The smallest absolute Gasteiger partial charge is 0.111 e. The van der Waals surface area contributed by atoms with Gasteiger partial charge in [0.05, 0.1) is 6.20 Å². The van der Waals surface area contributed by atoms with Crippen molar-refractivity contribution in [1.29, 1.82) is 0 Å². The predicted octanol–water partition coefficient (Wildman–Crippen LogP) is 3.41. The maximum atomic E-state index is 4.22. The lowest BCUT2D eigenvalue weighted by molar-refractivity contribution is 0.750. The highest BCUT2D eigenvalue weighted by Crippen LogP contribution is 2.27. The van der Waals surface area contributed by atoms with Crippen LogP contribution < -0.4 is 0 Å². The van der Waals surface area contributed by atoms with Gasteiger partial charge in [0, 0.05) is 12.6 Å². The molecule has 78 valence electrons. The molecule has 0 aliphatic rings. The van der Waals surface area contributed by atoms with Crippen molar-refractivity contribution in [2.75, 3.05) is 0 Å². The molecule has 0 aliphatic heterocycles. The van der Waals surface area contributed by atoms with Crippen LogP contribution in [0, 0.1) is 0 Å². The molecular weight excluding hydrogens is 252 g/mol. The van der Waals surface area contributed by atoms with Crippen LogP contribution in [0.25, 0.3) is 11.1 Å². The van der Waals surface area contributed by atoms with Gasteiger partial charge < -0.3 is 0 Å². The number of aryl methyl sites for hydroxylation is 2. The van der Waals surface area contributed by atoms with Crippen molar-refractivity contribution in [2.24, 2.45) is 7.05 Å². The molecular formula is C12H13BrN2. The second-order valence-electron chi connectivity index (χ2n) is 3.53. The summed E-state index contributed by atoms with van der Waals surface area (Å²) in [7, 11) is 1.93. The molecule has 1 aromatic carbocycles. The minimum absolute atomic E-state index is 1.02. The summed E-state index contributed by atoms with van der Waals surface area (Å²) >= 11 is 3.53. The Bertz CT molecular complexity index is 474. The van der Waals surface area contributed by atoms with E-state index < -0.39 is 0 Å². The van der Waals surface area contributed by atoms with Crippen LogP contribution in [-0.2, 0) is 13.5 Å². The second-order valence-corrected chi connectivity index (χ2v) is 4.28. The highest BCUT2D eigenvalue weighted by Gasteiger charge is 2.07. The fraction of sp³-hybridized carbons (Fsp3) is 0.250. The largest absolute Gasteiger partial charge is 0.261 e. The standard InChI is InChI=1S/C12H13BrN2/c1-3-9-5-4-6-10(7-9)11-8-14-15(2)12(11)13/h4-8H,3H2,1-2H3. The molecule has 0 radical (unpaired) electrons. The van der Waals surface area contributed by atoms with E-state index in [4.69, 9.17) is 0 Å². The molecule has 0 fully saturated rings. The number of rotatable bonds is 2. The summed E-state index contributed by atoms with van der Waals surface area (Å²) in [4.78, 5) is 0. The Kier molecular flexibility index (Phi) is 2.91. The lowest BCUT2D eigenvalue weighted by atomic mass is 10.1. The van der Waals surface area contributed by atoms with Crippen molar-refractivity contribution in [1.82, 2.24) is 9.78 Å². The van der Waals surface area contributed by atoms with E-state index in [1.54, 1.807) is 0 Å². The molecule has 1 heterocycles. The van der Waals surface area contributed by atoms with Gasteiger partial charge in [-0.15, -0.1) is 0 Å². The molecule has 0 saturated carbocycles. The van der Waals surface area contributed by atoms with E-state index in [0.717, 1.165) is 16.6 Å². The van der Waals surface area contributed by atoms with Crippen molar-refractivity contribution in [2.45, 2.75) is 13.3 Å². The average molecular weight is 265 g/mol. The van der Waals surface area contributed by atoms with Crippen LogP contribution in [0.4, 0.5) is 0 Å². The second kappa shape index (κ2) is 4.19. The first-order chi connectivity index (χ1) is 7.22. The summed E-state index contributed by atoms with van der Waals surface area (Å²) in [5, 5.41) is 4.22. The quantitative estimate of drug-likeness (QED) is 0.813. The van der Waals surface area contributed by atoms with E-state index in [2.05, 4.69) is 52.2 Å². The van der Waals surface area contributed by atoms with Crippen LogP contribution in [0.1, 0.15) is 12.5 Å². The van der Waals surface area contributed by atoms with E-state index >= 15 is 0 Å². The van der Waals surface area contributed by atoms with Gasteiger partial charge in [-0.25, -0.2) is 0 Å². The highest BCUT2D eigenvalue weighted by molar-refractivity contribution is 9.10. The number of halogens is 1. The molecule has 0 bridgehead atoms. The molecule has 0 atom stereocenters. The predicted molar refractivity (Wildman–Crippen MR) is 65.7 cm³/mol. The van der Waals surface area contributed by atoms with Crippen molar-refractivity contribution in [3.8, 4) is 11.1 Å². The fourth-order valence-corrected chi connectivity index (χ4v) is 2.00. The first kappa shape index (κ1) is 10.4. The lowest BCUT2D eigenvalue weighted by Crippen LogP contribution is -1.89. The van der Waals surface area contributed by atoms with E-state index in [-0.39, 0.29) is 0 Å². The maximum Gasteiger partial charge on any atom is 0.111 e. The Balaban J connectivity index is 2.49. The number of benzene rings is 1. The van der Waals surface area contributed by atoms with Crippen molar-refractivity contribution in [3.05, 3.63) is 40.6 Å². The van der Waals surface area contributed by atoms with Gasteiger partial charge in [0.25, 0.3) is 0 Å². The molecule has 0 spiro atoms. The molecule has 2 aromatic rings. The highest BCUT2D eigenvalue weighted by atomic mass is 79.9. The molecule has 1 aromatic heterocycles. The normalized spacial score (nSPS) is 10.6. The summed E-state index contributed by atoms with van der Waals surface area (Å²) < 4.78 is 2.85. The molecule has 0 unspecified atom stereocenters. The van der Waals surface area contributed by atoms with E-state index in [1.807, 2.05) is 17.9 Å². The summed E-state index contributed by atoms with van der Waals surface area (Å²) in [6.45, 7) is 2.16. The van der Waals surface area contributed by atoms with Crippen LogP contribution in [0.5, 0.6) is 0 Å². The number of nitrogens with zero attached hydrogens (tertiary/aromatic N) is 2. The lowest BCUT2D eigenvalue weighted by Gasteiger charge is -2.02. The molecule has 0 aliphatic carbocycles. The Hall–Kier alpha value is -1.09. The number of hydrogen-bond donors (Lipinski definition) is 0. The fourth-order valence-electron chi connectivity index (χ4n) is 1.58. The third kappa shape index (κ3) is 1.97. The molecule has 0 amide bonds. The maximum absolute atomic E-state index is 4.22. The van der Waals surface area contributed by atoms with E-state index in [0.29, 0.717) is 0 Å². The van der Waals surface area contributed by atoms with Crippen LogP contribution in [0.2, 0.25) is 0 Å². The topological polar surface area (TPSA) is 17.8 Å². The Morgan fingerprint density at radius 1 is 1.40 bits per heavy atom. The zero-order valence-corrected chi connectivity index (χ0v) is 10.5. The van der Waals surface area contributed by atoms with Gasteiger partial charge in [0.1, 0.15) is 4.60 Å². The van der Waals surface area contributed by atoms with Crippen molar-refractivity contribution < 1.29 is 0 Å². The summed E-state index contributed by atoms with van der Waals surface area (Å²) in [6, 6.07) is 8.56. The third-order valence-corrected chi connectivity index (χ3v) is 3.45. The minimum Gasteiger partial charge on any atom is -0.261 e. The van der Waals surface area contributed by atoms with Gasteiger partial charge in [-0.2, -0.15) is 5.10 Å². The first-order valence-electron chi connectivity index (χ1n) is 4.99. The average Bonchev–Trinajstić information content (AvgIpc) is 2.60. The van der Waals surface area contributed by atoms with Crippen LogP contribution in [0.15, 0.2) is 35.1 Å². The Morgan fingerprint density at radius 3 is 2.80 bits per heavy atom. The van der Waals surface area contributed by atoms with E-state index in [1.165, 1.54) is 11.1 Å². The van der Waals surface area contributed by atoms with Gasteiger partial charge in [-0.1, -0.05) is 31.2 Å². The van der Waals surface area contributed by atoms with Gasteiger partial charge in [0.2, 0.25) is 0 Å². The summed E-state index contributed by atoms with van der Waals surface area (Å²) in [6.07, 6.45) is 2.95. The van der Waals surface area contributed by atoms with Gasteiger partial charge in [-0.05, 0) is 33.5 Å². The van der Waals surface area contributed by atoms with E-state index in [9.17, 15) is 0 Å². The molecule has 15 heavy (non-hydrogen) atoms. The zero-order valence-electron chi connectivity index (χ0n) is 8.87. The van der Waals surface area contributed by atoms with Crippen molar-refractivity contribution >= 4 is 15.9 Å². The molecule has 0 N–H and O–H groups in total. The zero-order chi connectivity index (χ0) is 10.8. The summed E-state index contributed by atoms with van der Waals surface area (Å²) in [5.74, 6) is 0. The SMILES string of the molecule is CCc1cccc(-c2cnn(C)c2Br)c1. The molecule has 0 saturated heterocycles. The first-order valence-corrected chi connectivity index (χ1v) is 5.78. The van der Waals surface area contributed by atoms with Gasteiger partial charge >= 0.3 is 0 Å².